The van der Waals surface area contributed by atoms with Crippen LogP contribution in [0.4, 0.5) is 5.82 Å². The lowest BCUT2D eigenvalue weighted by Gasteiger charge is -2.16. The molecule has 1 heterocycles. The number of aromatic nitrogens is 1. The van der Waals surface area contributed by atoms with E-state index in [-0.39, 0.29) is 17.5 Å². The summed E-state index contributed by atoms with van der Waals surface area (Å²) in [6.07, 6.45) is 0.936. The van der Waals surface area contributed by atoms with Gasteiger partial charge in [0.25, 0.3) is 5.91 Å². The fourth-order valence-corrected chi connectivity index (χ4v) is 2.93. The number of amides is 1. The van der Waals surface area contributed by atoms with Gasteiger partial charge in [-0.2, -0.15) is 0 Å². The number of pyridine rings is 1. The molecule has 0 saturated carbocycles. The zero-order valence-corrected chi connectivity index (χ0v) is 18.0. The van der Waals surface area contributed by atoms with E-state index in [0.717, 1.165) is 5.56 Å². The van der Waals surface area contributed by atoms with Crippen LogP contribution in [0.3, 0.4) is 0 Å². The maximum atomic E-state index is 12.9. The van der Waals surface area contributed by atoms with E-state index in [1.807, 2.05) is 38.1 Å². The number of methoxy groups -OCH3 is 1. The lowest BCUT2D eigenvalue weighted by molar-refractivity contribution is 0.0696. The Morgan fingerprint density at radius 3 is 2.47 bits per heavy atom. The van der Waals surface area contributed by atoms with Crippen molar-refractivity contribution in [3.05, 3.63) is 77.5 Å². The number of nitrogens with zero attached hydrogens (tertiary/aromatic N) is 1. The summed E-state index contributed by atoms with van der Waals surface area (Å²) < 4.78 is 16.9. The second-order valence-corrected chi connectivity index (χ2v) is 7.19. The maximum absolute atomic E-state index is 12.9. The molecule has 0 aliphatic heterocycles. The molecule has 3 rings (SSSR count). The SMILES string of the molecule is COC[C@H](C)Oc1cc(Oc2cccc(C)c2)cc(C(=O)Nc2ccc(C(=O)O)cn2)c1. The van der Waals surface area contributed by atoms with Crippen molar-refractivity contribution in [3.8, 4) is 17.2 Å². The minimum atomic E-state index is -1.09. The number of rotatable bonds is 9. The molecule has 0 aliphatic rings. The van der Waals surface area contributed by atoms with Gasteiger partial charge in [-0.05, 0) is 55.8 Å². The standard InChI is InChI=1S/C24H24N2O6/c1-15-5-4-6-19(9-15)32-21-11-18(10-20(12-21)31-16(2)14-30-3)23(27)26-22-8-7-17(13-25-22)24(28)29/h4-13,16H,14H2,1-3H3,(H,28,29)(H,25,26,27)/t16-/m0/s1. The van der Waals surface area contributed by atoms with Crippen LogP contribution in [-0.4, -0.2) is 41.8 Å². The van der Waals surface area contributed by atoms with Crippen LogP contribution >= 0.6 is 0 Å². The number of anilines is 1. The molecule has 2 N–H and O–H groups in total. The van der Waals surface area contributed by atoms with Crippen LogP contribution in [0.25, 0.3) is 0 Å². The number of carbonyl (C=O) groups is 2. The fourth-order valence-electron chi connectivity index (χ4n) is 2.93. The number of nitrogens with one attached hydrogen (secondary N) is 1. The molecule has 0 aliphatic carbocycles. The largest absolute Gasteiger partial charge is 0.488 e. The van der Waals surface area contributed by atoms with Crippen molar-refractivity contribution in [3.63, 3.8) is 0 Å². The molecule has 1 amide bonds. The highest BCUT2D eigenvalue weighted by atomic mass is 16.5. The molecule has 0 radical (unpaired) electrons. The minimum absolute atomic E-state index is 0.0272. The minimum Gasteiger partial charge on any atom is -0.488 e. The normalized spacial score (nSPS) is 11.5. The van der Waals surface area contributed by atoms with Crippen molar-refractivity contribution < 1.29 is 28.9 Å². The number of benzene rings is 2. The summed E-state index contributed by atoms with van der Waals surface area (Å²) in [4.78, 5) is 27.8. The lowest BCUT2D eigenvalue weighted by Crippen LogP contribution is -2.19. The highest BCUT2D eigenvalue weighted by Gasteiger charge is 2.14. The smallest absolute Gasteiger partial charge is 0.337 e. The number of ether oxygens (including phenoxy) is 3. The summed E-state index contributed by atoms with van der Waals surface area (Å²) in [7, 11) is 1.58. The van der Waals surface area contributed by atoms with Gasteiger partial charge in [-0.3, -0.25) is 4.79 Å². The molecule has 1 aromatic heterocycles. The molecule has 0 saturated heterocycles. The predicted molar refractivity (Wildman–Crippen MR) is 119 cm³/mol. The van der Waals surface area contributed by atoms with E-state index in [9.17, 15) is 9.59 Å². The van der Waals surface area contributed by atoms with Gasteiger partial charge in [0, 0.05) is 24.9 Å². The van der Waals surface area contributed by atoms with Crippen LogP contribution in [0, 0.1) is 6.92 Å². The molecule has 8 nitrogen and oxygen atoms in total. The van der Waals surface area contributed by atoms with Crippen LogP contribution in [0.2, 0.25) is 0 Å². The molecule has 32 heavy (non-hydrogen) atoms. The molecule has 0 fully saturated rings. The van der Waals surface area contributed by atoms with Gasteiger partial charge in [-0.1, -0.05) is 12.1 Å². The Hall–Kier alpha value is -3.91. The third-order valence-corrected chi connectivity index (χ3v) is 4.36. The summed E-state index contributed by atoms with van der Waals surface area (Å²) in [6, 6.07) is 15.2. The van der Waals surface area contributed by atoms with Crippen molar-refractivity contribution >= 4 is 17.7 Å². The number of aromatic carboxylic acids is 1. The molecule has 8 heteroatoms. The number of carboxylic acids is 1. The first-order chi connectivity index (χ1) is 15.3. The number of carboxylic acid groups (broad SMARTS) is 1. The Labute approximate surface area is 185 Å². The second kappa shape index (κ2) is 10.4. The Morgan fingerprint density at radius 2 is 1.81 bits per heavy atom. The molecular formula is C24H24N2O6. The first-order valence-electron chi connectivity index (χ1n) is 9.90. The third kappa shape index (κ3) is 6.29. The number of hydrogen-bond acceptors (Lipinski definition) is 6. The van der Waals surface area contributed by atoms with E-state index in [4.69, 9.17) is 19.3 Å². The number of aryl methyl sites for hydroxylation is 1. The average Bonchev–Trinajstić information content (AvgIpc) is 2.74. The van der Waals surface area contributed by atoms with Crippen molar-refractivity contribution in [1.82, 2.24) is 4.98 Å². The highest BCUT2D eigenvalue weighted by molar-refractivity contribution is 6.04. The van der Waals surface area contributed by atoms with E-state index in [2.05, 4.69) is 10.3 Å². The van der Waals surface area contributed by atoms with Crippen LogP contribution in [0.15, 0.2) is 60.8 Å². The quantitative estimate of drug-likeness (QED) is 0.507. The maximum Gasteiger partial charge on any atom is 0.337 e. The summed E-state index contributed by atoms with van der Waals surface area (Å²) in [5.74, 6) is 0.184. The molecule has 0 bridgehead atoms. The highest BCUT2D eigenvalue weighted by Crippen LogP contribution is 2.29. The van der Waals surface area contributed by atoms with Gasteiger partial charge in [0.15, 0.2) is 0 Å². The average molecular weight is 436 g/mol. The Morgan fingerprint density at radius 1 is 1.03 bits per heavy atom. The van der Waals surface area contributed by atoms with Crippen LogP contribution < -0.4 is 14.8 Å². The molecular weight excluding hydrogens is 412 g/mol. The Balaban J connectivity index is 1.86. The summed E-state index contributed by atoms with van der Waals surface area (Å²) in [6.45, 7) is 4.19. The first kappa shape index (κ1) is 22.8. The van der Waals surface area contributed by atoms with E-state index in [1.165, 1.54) is 18.3 Å². The van der Waals surface area contributed by atoms with Crippen LogP contribution in [-0.2, 0) is 4.74 Å². The monoisotopic (exact) mass is 436 g/mol. The summed E-state index contributed by atoms with van der Waals surface area (Å²) in [5.41, 5.74) is 1.36. The van der Waals surface area contributed by atoms with Crippen molar-refractivity contribution in [2.75, 3.05) is 19.0 Å². The Kier molecular flexibility index (Phi) is 7.41. The number of carbonyl (C=O) groups excluding carboxylic acids is 1. The van der Waals surface area contributed by atoms with E-state index < -0.39 is 11.9 Å². The Bertz CT molecular complexity index is 1100. The van der Waals surface area contributed by atoms with Crippen molar-refractivity contribution in [2.24, 2.45) is 0 Å². The molecule has 2 aromatic carbocycles. The van der Waals surface area contributed by atoms with Gasteiger partial charge in [-0.15, -0.1) is 0 Å². The summed E-state index contributed by atoms with van der Waals surface area (Å²) in [5, 5.41) is 11.6. The van der Waals surface area contributed by atoms with Crippen LogP contribution in [0.5, 0.6) is 17.2 Å². The van der Waals surface area contributed by atoms with Gasteiger partial charge in [-0.25, -0.2) is 9.78 Å². The van der Waals surface area contributed by atoms with E-state index in [1.54, 1.807) is 25.3 Å². The van der Waals surface area contributed by atoms with Gasteiger partial charge in [0.1, 0.15) is 29.2 Å². The molecule has 3 aromatic rings. The van der Waals surface area contributed by atoms with Gasteiger partial charge >= 0.3 is 5.97 Å². The third-order valence-electron chi connectivity index (χ3n) is 4.36. The number of hydrogen-bond donors (Lipinski definition) is 2. The summed E-state index contributed by atoms with van der Waals surface area (Å²) >= 11 is 0. The van der Waals surface area contributed by atoms with Gasteiger partial charge in [0.2, 0.25) is 0 Å². The molecule has 0 unspecified atom stereocenters. The molecule has 0 spiro atoms. The van der Waals surface area contributed by atoms with E-state index in [0.29, 0.717) is 29.4 Å². The van der Waals surface area contributed by atoms with Gasteiger partial charge < -0.3 is 24.6 Å². The fraction of sp³-hybridized carbons (Fsp3) is 0.208. The molecule has 166 valence electrons. The molecule has 1 atom stereocenters. The second-order valence-electron chi connectivity index (χ2n) is 7.19. The van der Waals surface area contributed by atoms with Crippen molar-refractivity contribution in [2.45, 2.75) is 20.0 Å². The van der Waals surface area contributed by atoms with Crippen molar-refractivity contribution in [1.29, 1.82) is 0 Å². The predicted octanol–water partition coefficient (Wildman–Crippen LogP) is 4.55. The topological polar surface area (TPSA) is 107 Å². The van der Waals surface area contributed by atoms with Gasteiger partial charge in [0.05, 0.1) is 12.2 Å². The zero-order valence-electron chi connectivity index (χ0n) is 18.0. The first-order valence-corrected chi connectivity index (χ1v) is 9.90. The zero-order chi connectivity index (χ0) is 23.1. The van der Waals surface area contributed by atoms with E-state index >= 15 is 0 Å². The lowest BCUT2D eigenvalue weighted by atomic mass is 10.1. The van der Waals surface area contributed by atoms with Crippen LogP contribution in [0.1, 0.15) is 33.2 Å².